The number of amides is 2. The van der Waals surface area contributed by atoms with E-state index < -0.39 is 0 Å². The number of carbonyl (C=O) groups is 2. The van der Waals surface area contributed by atoms with E-state index in [0.29, 0.717) is 30.1 Å². The van der Waals surface area contributed by atoms with Crippen LogP contribution >= 0.6 is 11.3 Å². The van der Waals surface area contributed by atoms with Gasteiger partial charge >= 0.3 is 0 Å². The largest absolute Gasteiger partial charge is 0.337 e. The molecule has 1 aliphatic rings. The van der Waals surface area contributed by atoms with Crippen molar-refractivity contribution < 1.29 is 9.59 Å². The molecule has 1 N–H and O–H groups in total. The summed E-state index contributed by atoms with van der Waals surface area (Å²) >= 11 is 1.37. The minimum absolute atomic E-state index is 0.00707. The van der Waals surface area contributed by atoms with Crippen LogP contribution in [-0.4, -0.2) is 28.2 Å². The Hall–Kier alpha value is -3.76. The van der Waals surface area contributed by atoms with Gasteiger partial charge in [-0.15, -0.1) is 11.3 Å². The fourth-order valence-electron chi connectivity index (χ4n) is 3.48. The number of pyridine rings is 1. The first-order valence-corrected chi connectivity index (χ1v) is 10.7. The van der Waals surface area contributed by atoms with Crippen molar-refractivity contribution in [1.29, 1.82) is 5.26 Å². The topological polar surface area (TPSA) is 86.1 Å². The lowest BCUT2D eigenvalue weighted by Gasteiger charge is -2.27. The summed E-state index contributed by atoms with van der Waals surface area (Å²) in [6.45, 7) is 0.988. The van der Waals surface area contributed by atoms with E-state index >= 15 is 0 Å². The molecule has 0 radical (unpaired) electrons. The van der Waals surface area contributed by atoms with Crippen LogP contribution in [0.4, 0.5) is 5.00 Å². The molecule has 0 atom stereocenters. The van der Waals surface area contributed by atoms with Crippen LogP contribution in [0.15, 0.2) is 60.8 Å². The normalized spacial score (nSPS) is 12.9. The SMILES string of the molecule is N#Cc1c(NC(=O)C=Cc2ccccc2)sc2c1CCN(C(=O)Cc1ccccn1)C2. The molecule has 0 spiro atoms. The Morgan fingerprint density at radius 1 is 1.19 bits per heavy atom. The molecule has 154 valence electrons. The number of hydrogen-bond acceptors (Lipinski definition) is 5. The maximum absolute atomic E-state index is 12.7. The van der Waals surface area contributed by atoms with E-state index in [4.69, 9.17) is 0 Å². The van der Waals surface area contributed by atoms with Gasteiger partial charge in [-0.1, -0.05) is 36.4 Å². The van der Waals surface area contributed by atoms with E-state index in [1.54, 1.807) is 17.2 Å². The summed E-state index contributed by atoms with van der Waals surface area (Å²) in [7, 11) is 0. The summed E-state index contributed by atoms with van der Waals surface area (Å²) < 4.78 is 0. The molecule has 0 fully saturated rings. The van der Waals surface area contributed by atoms with Gasteiger partial charge in [-0.05, 0) is 35.8 Å². The number of benzene rings is 1. The van der Waals surface area contributed by atoms with E-state index in [1.807, 2.05) is 48.5 Å². The Balaban J connectivity index is 1.45. The number of anilines is 1. The number of carbonyl (C=O) groups excluding carboxylic acids is 2. The smallest absolute Gasteiger partial charge is 0.249 e. The zero-order valence-corrected chi connectivity index (χ0v) is 17.6. The number of fused-ring (bicyclic) bond motifs is 1. The molecule has 1 aliphatic heterocycles. The molecule has 6 nitrogen and oxygen atoms in total. The summed E-state index contributed by atoms with van der Waals surface area (Å²) in [5.41, 5.74) is 3.08. The first-order chi connectivity index (χ1) is 15.1. The molecule has 0 bridgehead atoms. The average molecular weight is 429 g/mol. The van der Waals surface area contributed by atoms with Crippen LogP contribution in [0.3, 0.4) is 0 Å². The van der Waals surface area contributed by atoms with Crippen molar-refractivity contribution in [2.45, 2.75) is 19.4 Å². The number of aromatic nitrogens is 1. The van der Waals surface area contributed by atoms with Crippen LogP contribution in [0, 0.1) is 11.3 Å². The lowest BCUT2D eigenvalue weighted by molar-refractivity contribution is -0.131. The van der Waals surface area contributed by atoms with Gasteiger partial charge in [0.1, 0.15) is 11.1 Å². The summed E-state index contributed by atoms with van der Waals surface area (Å²) in [6, 6.07) is 17.3. The maximum Gasteiger partial charge on any atom is 0.249 e. The summed E-state index contributed by atoms with van der Waals surface area (Å²) in [5.74, 6) is -0.283. The van der Waals surface area contributed by atoms with Gasteiger partial charge in [0.25, 0.3) is 0 Å². The van der Waals surface area contributed by atoms with Crippen LogP contribution in [-0.2, 0) is 29.0 Å². The van der Waals surface area contributed by atoms with Gasteiger partial charge in [0.2, 0.25) is 11.8 Å². The van der Waals surface area contributed by atoms with Crippen LogP contribution in [0.1, 0.15) is 27.3 Å². The van der Waals surface area contributed by atoms with Gasteiger partial charge in [-0.3, -0.25) is 14.6 Å². The first-order valence-electron chi connectivity index (χ1n) is 9.90. The molecule has 0 aliphatic carbocycles. The first kappa shape index (κ1) is 20.5. The molecular weight excluding hydrogens is 408 g/mol. The van der Waals surface area contributed by atoms with Crippen LogP contribution < -0.4 is 5.32 Å². The van der Waals surface area contributed by atoms with Crippen molar-refractivity contribution in [3.63, 3.8) is 0 Å². The van der Waals surface area contributed by atoms with Crippen molar-refractivity contribution in [2.24, 2.45) is 0 Å². The highest BCUT2D eigenvalue weighted by molar-refractivity contribution is 7.16. The van der Waals surface area contributed by atoms with Crippen molar-refractivity contribution in [3.8, 4) is 6.07 Å². The van der Waals surface area contributed by atoms with E-state index in [1.165, 1.54) is 17.4 Å². The van der Waals surface area contributed by atoms with Crippen molar-refractivity contribution >= 4 is 34.2 Å². The Morgan fingerprint density at radius 2 is 2.00 bits per heavy atom. The third-order valence-electron chi connectivity index (χ3n) is 5.04. The Morgan fingerprint density at radius 3 is 2.74 bits per heavy atom. The summed E-state index contributed by atoms with van der Waals surface area (Å²) in [4.78, 5) is 32.0. The molecule has 2 aromatic heterocycles. The van der Waals surface area contributed by atoms with Gasteiger partial charge in [-0.25, -0.2) is 0 Å². The summed E-state index contributed by atoms with van der Waals surface area (Å²) in [5, 5.41) is 13.0. The van der Waals surface area contributed by atoms with Gasteiger partial charge in [0, 0.05) is 29.4 Å². The van der Waals surface area contributed by atoms with Crippen molar-refractivity contribution in [2.75, 3.05) is 11.9 Å². The fourth-order valence-corrected chi connectivity index (χ4v) is 4.70. The average Bonchev–Trinajstić information content (AvgIpc) is 3.15. The second-order valence-electron chi connectivity index (χ2n) is 7.12. The van der Waals surface area contributed by atoms with Crippen molar-refractivity contribution in [3.05, 3.63) is 88.1 Å². The maximum atomic E-state index is 12.7. The van der Waals surface area contributed by atoms with E-state index in [9.17, 15) is 14.9 Å². The molecular formula is C24H20N4O2S. The lowest BCUT2D eigenvalue weighted by Crippen LogP contribution is -2.36. The Labute approximate surface area is 184 Å². The van der Waals surface area contributed by atoms with Crippen molar-refractivity contribution in [1.82, 2.24) is 9.88 Å². The third kappa shape index (κ3) is 4.87. The summed E-state index contributed by atoms with van der Waals surface area (Å²) in [6.07, 6.45) is 5.71. The highest BCUT2D eigenvalue weighted by atomic mass is 32.1. The molecule has 4 rings (SSSR count). The molecule has 3 aromatic rings. The second-order valence-corrected chi connectivity index (χ2v) is 8.22. The Bertz CT molecular complexity index is 1160. The number of nitrogens with zero attached hydrogens (tertiary/aromatic N) is 3. The molecule has 2 amide bonds. The predicted molar refractivity (Wildman–Crippen MR) is 120 cm³/mol. The molecule has 3 heterocycles. The zero-order chi connectivity index (χ0) is 21.6. The molecule has 31 heavy (non-hydrogen) atoms. The number of nitrogens with one attached hydrogen (secondary N) is 1. The van der Waals surface area contributed by atoms with E-state index in [0.717, 1.165) is 21.7 Å². The number of nitriles is 1. The van der Waals surface area contributed by atoms with E-state index in [2.05, 4.69) is 16.4 Å². The van der Waals surface area contributed by atoms with Crippen LogP contribution in [0.2, 0.25) is 0 Å². The minimum Gasteiger partial charge on any atom is -0.337 e. The predicted octanol–water partition coefficient (Wildman–Crippen LogP) is 3.79. The standard InChI is InChI=1S/C24H20N4O2S/c25-15-20-19-11-13-28(23(30)14-18-8-4-5-12-26-18)16-21(19)31-24(20)27-22(29)10-9-17-6-2-1-3-7-17/h1-10,12H,11,13-14,16H2,(H,27,29). The monoisotopic (exact) mass is 428 g/mol. The highest BCUT2D eigenvalue weighted by Crippen LogP contribution is 2.36. The van der Waals surface area contributed by atoms with Gasteiger partial charge in [0.05, 0.1) is 18.5 Å². The number of hydrogen-bond donors (Lipinski definition) is 1. The second kappa shape index (κ2) is 9.37. The quantitative estimate of drug-likeness (QED) is 0.627. The molecule has 0 saturated carbocycles. The number of rotatable bonds is 5. The molecule has 0 saturated heterocycles. The van der Waals surface area contributed by atoms with Crippen LogP contribution in [0.5, 0.6) is 0 Å². The number of thiophene rings is 1. The molecule has 0 unspecified atom stereocenters. The highest BCUT2D eigenvalue weighted by Gasteiger charge is 2.27. The molecule has 7 heteroatoms. The minimum atomic E-state index is -0.290. The fraction of sp³-hybridized carbons (Fsp3) is 0.167. The molecule has 1 aromatic carbocycles. The van der Waals surface area contributed by atoms with E-state index in [-0.39, 0.29) is 18.2 Å². The lowest BCUT2D eigenvalue weighted by atomic mass is 10.0. The van der Waals surface area contributed by atoms with Gasteiger partial charge in [-0.2, -0.15) is 5.26 Å². The van der Waals surface area contributed by atoms with Gasteiger partial charge < -0.3 is 10.2 Å². The zero-order valence-electron chi connectivity index (χ0n) is 16.7. The van der Waals surface area contributed by atoms with Crippen LogP contribution in [0.25, 0.3) is 6.08 Å². The third-order valence-corrected chi connectivity index (χ3v) is 6.18. The Kier molecular flexibility index (Phi) is 6.20. The van der Waals surface area contributed by atoms with Gasteiger partial charge in [0.15, 0.2) is 0 Å².